The van der Waals surface area contributed by atoms with Gasteiger partial charge >= 0.3 is 6.18 Å². The monoisotopic (exact) mass is 304 g/mol. The van der Waals surface area contributed by atoms with Gasteiger partial charge in [0.25, 0.3) is 0 Å². The number of ether oxygens (including phenoxy) is 1. The summed E-state index contributed by atoms with van der Waals surface area (Å²) in [6.45, 7) is 1.68. The van der Waals surface area contributed by atoms with Crippen molar-refractivity contribution in [1.29, 1.82) is 0 Å². The molecule has 0 unspecified atom stereocenters. The highest BCUT2D eigenvalue weighted by atomic mass is 19.4. The van der Waals surface area contributed by atoms with Crippen LogP contribution in [0.5, 0.6) is 0 Å². The predicted octanol–water partition coefficient (Wildman–Crippen LogP) is 2.70. The Balaban J connectivity index is 2.32. The Morgan fingerprint density at radius 3 is 2.48 bits per heavy atom. The fourth-order valence-corrected chi connectivity index (χ4v) is 1.57. The molecule has 21 heavy (non-hydrogen) atoms. The first-order valence-corrected chi connectivity index (χ1v) is 6.64. The summed E-state index contributed by atoms with van der Waals surface area (Å²) in [6, 6.07) is 7.08. The molecule has 0 atom stereocenters. The Hall–Kier alpha value is -1.60. The first-order chi connectivity index (χ1) is 9.90. The van der Waals surface area contributed by atoms with Crippen molar-refractivity contribution in [3.8, 4) is 0 Å². The Labute approximate surface area is 121 Å². The molecule has 0 aliphatic heterocycles. The highest BCUT2D eigenvalue weighted by Crippen LogP contribution is 2.14. The lowest BCUT2D eigenvalue weighted by molar-refractivity contribution is -0.174. The minimum Gasteiger partial charge on any atom is -0.362 e. The number of hydrogen-bond donors (Lipinski definition) is 2. The van der Waals surface area contributed by atoms with Gasteiger partial charge in [-0.1, -0.05) is 19.1 Å². The lowest BCUT2D eigenvalue weighted by Gasteiger charge is -2.09. The van der Waals surface area contributed by atoms with Crippen molar-refractivity contribution >= 4 is 11.6 Å². The molecule has 0 aromatic heterocycles. The molecule has 118 valence electrons. The van der Waals surface area contributed by atoms with Gasteiger partial charge in [-0.05, 0) is 30.7 Å². The van der Waals surface area contributed by atoms with Gasteiger partial charge in [-0.2, -0.15) is 13.2 Å². The van der Waals surface area contributed by atoms with E-state index in [2.05, 4.69) is 22.3 Å². The van der Waals surface area contributed by atoms with Gasteiger partial charge in [0.15, 0.2) is 0 Å². The van der Waals surface area contributed by atoms with E-state index < -0.39 is 25.3 Å². The standard InChI is InChI=1S/C14H19F3N2O2/c1-2-7-18-8-11-3-5-12(6-4-11)19-13(20)9-21-10-14(15,16)17/h3-6,18H,2,7-10H2,1H3,(H,19,20). The van der Waals surface area contributed by atoms with Crippen molar-refractivity contribution < 1.29 is 22.7 Å². The van der Waals surface area contributed by atoms with E-state index in [0.29, 0.717) is 5.69 Å². The smallest absolute Gasteiger partial charge is 0.362 e. The topological polar surface area (TPSA) is 50.4 Å². The van der Waals surface area contributed by atoms with Crippen LogP contribution in [0.4, 0.5) is 18.9 Å². The maximum atomic E-state index is 11.8. The van der Waals surface area contributed by atoms with Crippen molar-refractivity contribution in [3.05, 3.63) is 29.8 Å². The molecular weight excluding hydrogens is 285 g/mol. The number of halogens is 3. The SMILES string of the molecule is CCCNCc1ccc(NC(=O)COCC(F)(F)F)cc1. The first-order valence-electron chi connectivity index (χ1n) is 6.64. The zero-order valence-electron chi connectivity index (χ0n) is 11.8. The number of hydrogen-bond acceptors (Lipinski definition) is 3. The second-order valence-electron chi connectivity index (χ2n) is 4.53. The highest BCUT2D eigenvalue weighted by molar-refractivity contribution is 5.91. The van der Waals surface area contributed by atoms with Gasteiger partial charge in [0.2, 0.25) is 5.91 Å². The zero-order chi connectivity index (χ0) is 15.7. The Bertz CT molecular complexity index is 433. The molecule has 2 N–H and O–H groups in total. The summed E-state index contributed by atoms with van der Waals surface area (Å²) in [7, 11) is 0. The minimum absolute atomic E-state index is 0.523. The van der Waals surface area contributed by atoms with Crippen molar-refractivity contribution in [1.82, 2.24) is 5.32 Å². The van der Waals surface area contributed by atoms with E-state index in [4.69, 9.17) is 0 Å². The van der Waals surface area contributed by atoms with Gasteiger partial charge in [-0.3, -0.25) is 4.79 Å². The Morgan fingerprint density at radius 1 is 1.24 bits per heavy atom. The van der Waals surface area contributed by atoms with Gasteiger partial charge in [0.05, 0.1) is 0 Å². The summed E-state index contributed by atoms with van der Waals surface area (Å²) in [5, 5.41) is 5.71. The molecule has 0 bridgehead atoms. The summed E-state index contributed by atoms with van der Waals surface area (Å²) in [6.07, 6.45) is -3.38. The minimum atomic E-state index is -4.42. The predicted molar refractivity (Wildman–Crippen MR) is 73.9 cm³/mol. The summed E-state index contributed by atoms with van der Waals surface area (Å²) in [5.41, 5.74) is 1.59. The summed E-state index contributed by atoms with van der Waals surface area (Å²) < 4.78 is 39.8. The number of amides is 1. The quantitative estimate of drug-likeness (QED) is 0.726. The van der Waals surface area contributed by atoms with Crippen LogP contribution in [0.25, 0.3) is 0 Å². The third-order valence-corrected chi connectivity index (χ3v) is 2.49. The lowest BCUT2D eigenvalue weighted by Crippen LogP contribution is -2.24. The Morgan fingerprint density at radius 2 is 1.90 bits per heavy atom. The van der Waals surface area contributed by atoms with E-state index in [1.165, 1.54) is 0 Å². The van der Waals surface area contributed by atoms with E-state index in [-0.39, 0.29) is 0 Å². The number of nitrogens with one attached hydrogen (secondary N) is 2. The molecule has 0 saturated carbocycles. The first kappa shape index (κ1) is 17.5. The van der Waals surface area contributed by atoms with Crippen LogP contribution < -0.4 is 10.6 Å². The Kier molecular flexibility index (Phi) is 7.18. The summed E-state index contributed by atoms with van der Waals surface area (Å²) in [5.74, 6) is -0.615. The van der Waals surface area contributed by atoms with Crippen LogP contribution in [0.15, 0.2) is 24.3 Å². The van der Waals surface area contributed by atoms with Crippen LogP contribution in [0.2, 0.25) is 0 Å². The van der Waals surface area contributed by atoms with Crippen molar-refractivity contribution in [2.75, 3.05) is 25.1 Å². The molecule has 0 aliphatic carbocycles. The summed E-state index contributed by atoms with van der Waals surface area (Å²) >= 11 is 0. The van der Waals surface area contributed by atoms with Crippen LogP contribution in [-0.2, 0) is 16.1 Å². The molecule has 1 rings (SSSR count). The van der Waals surface area contributed by atoms with Crippen molar-refractivity contribution in [2.45, 2.75) is 26.1 Å². The normalized spacial score (nSPS) is 11.4. The molecule has 0 spiro atoms. The number of rotatable bonds is 8. The van der Waals surface area contributed by atoms with Gasteiger partial charge in [0.1, 0.15) is 13.2 Å². The lowest BCUT2D eigenvalue weighted by atomic mass is 10.2. The third kappa shape index (κ3) is 8.31. The van der Waals surface area contributed by atoms with Gasteiger partial charge < -0.3 is 15.4 Å². The molecule has 0 saturated heterocycles. The largest absolute Gasteiger partial charge is 0.411 e. The van der Waals surface area contributed by atoms with Crippen LogP contribution in [0.3, 0.4) is 0 Å². The molecule has 1 aromatic rings. The van der Waals surface area contributed by atoms with Crippen LogP contribution in [0, 0.1) is 0 Å². The van der Waals surface area contributed by atoms with Crippen LogP contribution >= 0.6 is 0 Å². The highest BCUT2D eigenvalue weighted by Gasteiger charge is 2.27. The van der Waals surface area contributed by atoms with Crippen LogP contribution in [-0.4, -0.2) is 31.8 Å². The molecule has 0 aliphatic rings. The maximum Gasteiger partial charge on any atom is 0.411 e. The third-order valence-electron chi connectivity index (χ3n) is 2.49. The molecule has 4 nitrogen and oxygen atoms in total. The van der Waals surface area contributed by atoms with E-state index in [1.807, 2.05) is 12.1 Å². The zero-order valence-corrected chi connectivity index (χ0v) is 11.8. The van der Waals surface area contributed by atoms with E-state index >= 15 is 0 Å². The van der Waals surface area contributed by atoms with E-state index in [9.17, 15) is 18.0 Å². The molecule has 0 fully saturated rings. The van der Waals surface area contributed by atoms with Crippen LogP contribution in [0.1, 0.15) is 18.9 Å². The molecular formula is C14H19F3N2O2. The average molecular weight is 304 g/mol. The molecule has 7 heteroatoms. The van der Waals surface area contributed by atoms with Crippen molar-refractivity contribution in [2.24, 2.45) is 0 Å². The maximum absolute atomic E-state index is 11.8. The van der Waals surface area contributed by atoms with E-state index in [0.717, 1.165) is 25.1 Å². The second-order valence-corrected chi connectivity index (χ2v) is 4.53. The van der Waals surface area contributed by atoms with Gasteiger partial charge in [0, 0.05) is 12.2 Å². The number of alkyl halides is 3. The fraction of sp³-hybridized carbons (Fsp3) is 0.500. The number of benzene rings is 1. The fourth-order valence-electron chi connectivity index (χ4n) is 1.57. The van der Waals surface area contributed by atoms with Crippen molar-refractivity contribution in [3.63, 3.8) is 0 Å². The summed E-state index contributed by atoms with van der Waals surface area (Å²) in [4.78, 5) is 11.4. The average Bonchev–Trinajstić information content (AvgIpc) is 2.39. The number of carbonyl (C=O) groups is 1. The number of anilines is 1. The number of carbonyl (C=O) groups excluding carboxylic acids is 1. The molecule has 0 heterocycles. The van der Waals surface area contributed by atoms with Gasteiger partial charge in [-0.25, -0.2) is 0 Å². The van der Waals surface area contributed by atoms with Gasteiger partial charge in [-0.15, -0.1) is 0 Å². The molecule has 1 aromatic carbocycles. The molecule has 1 amide bonds. The molecule has 0 radical (unpaired) electrons. The van der Waals surface area contributed by atoms with E-state index in [1.54, 1.807) is 12.1 Å². The second kappa shape index (κ2) is 8.63.